The van der Waals surface area contributed by atoms with Crippen LogP contribution in [0.15, 0.2) is 73.2 Å². The van der Waals surface area contributed by atoms with Crippen molar-refractivity contribution in [3.63, 3.8) is 0 Å². The van der Waals surface area contributed by atoms with E-state index in [0.29, 0.717) is 0 Å². The fourth-order valence-electron chi connectivity index (χ4n) is 3.99. The SMILES string of the molecule is CCC(c1ccc(Cl)cc1)(c1ccc(-c2cn[nH]c2)cc1)N1C=CCC1. The van der Waals surface area contributed by atoms with Crippen LogP contribution in [-0.2, 0) is 5.54 Å². The lowest BCUT2D eigenvalue weighted by atomic mass is 9.79. The molecule has 0 saturated carbocycles. The van der Waals surface area contributed by atoms with Gasteiger partial charge in [-0.15, -0.1) is 0 Å². The van der Waals surface area contributed by atoms with E-state index in [-0.39, 0.29) is 5.54 Å². The summed E-state index contributed by atoms with van der Waals surface area (Å²) >= 11 is 6.15. The minimum Gasteiger partial charge on any atom is -0.364 e. The predicted octanol–water partition coefficient (Wildman–Crippen LogP) is 5.60. The Labute approximate surface area is 159 Å². The summed E-state index contributed by atoms with van der Waals surface area (Å²) < 4.78 is 0. The topological polar surface area (TPSA) is 31.9 Å². The zero-order valence-electron chi connectivity index (χ0n) is 14.8. The molecule has 1 aliphatic heterocycles. The van der Waals surface area contributed by atoms with Crippen LogP contribution in [0.5, 0.6) is 0 Å². The number of nitrogens with zero attached hydrogens (tertiary/aromatic N) is 2. The number of aromatic amines is 1. The molecule has 0 bridgehead atoms. The minimum atomic E-state index is -0.188. The van der Waals surface area contributed by atoms with Gasteiger partial charge in [0.15, 0.2) is 0 Å². The quantitative estimate of drug-likeness (QED) is 0.639. The lowest BCUT2D eigenvalue weighted by molar-refractivity contribution is 0.196. The number of nitrogens with one attached hydrogen (secondary N) is 1. The van der Waals surface area contributed by atoms with Crippen LogP contribution >= 0.6 is 11.6 Å². The molecule has 1 unspecified atom stereocenters. The molecule has 1 aliphatic rings. The highest BCUT2D eigenvalue weighted by molar-refractivity contribution is 6.30. The van der Waals surface area contributed by atoms with Crippen molar-refractivity contribution in [1.82, 2.24) is 15.1 Å². The Hall–Kier alpha value is -2.52. The molecule has 1 atom stereocenters. The van der Waals surface area contributed by atoms with E-state index in [2.05, 4.69) is 70.7 Å². The molecular weight excluding hydrogens is 342 g/mol. The van der Waals surface area contributed by atoms with Crippen molar-refractivity contribution in [1.29, 1.82) is 0 Å². The van der Waals surface area contributed by atoms with Crippen LogP contribution < -0.4 is 0 Å². The molecule has 0 fully saturated rings. The third kappa shape index (κ3) is 2.82. The maximum absolute atomic E-state index is 6.15. The average Bonchev–Trinajstić information content (AvgIpc) is 3.39. The van der Waals surface area contributed by atoms with Crippen molar-refractivity contribution < 1.29 is 0 Å². The molecule has 1 aromatic heterocycles. The second kappa shape index (κ2) is 7.00. The molecule has 3 nitrogen and oxygen atoms in total. The monoisotopic (exact) mass is 363 g/mol. The Morgan fingerprint density at radius 3 is 2.27 bits per heavy atom. The van der Waals surface area contributed by atoms with Gasteiger partial charge in [0.25, 0.3) is 0 Å². The zero-order valence-corrected chi connectivity index (χ0v) is 15.6. The van der Waals surface area contributed by atoms with Crippen molar-refractivity contribution in [3.8, 4) is 11.1 Å². The Balaban J connectivity index is 1.82. The third-order valence-electron chi connectivity index (χ3n) is 5.34. The second-order valence-corrected chi connectivity index (χ2v) is 7.09. The number of aromatic nitrogens is 2. The van der Waals surface area contributed by atoms with Gasteiger partial charge in [0, 0.05) is 23.3 Å². The van der Waals surface area contributed by atoms with E-state index in [1.165, 1.54) is 16.7 Å². The van der Waals surface area contributed by atoms with Gasteiger partial charge < -0.3 is 4.90 Å². The van der Waals surface area contributed by atoms with Crippen molar-refractivity contribution in [3.05, 3.63) is 89.4 Å². The first-order valence-electron chi connectivity index (χ1n) is 9.03. The van der Waals surface area contributed by atoms with Crippen LogP contribution in [-0.4, -0.2) is 21.6 Å². The summed E-state index contributed by atoms with van der Waals surface area (Å²) in [6.45, 7) is 3.28. The first-order valence-corrected chi connectivity index (χ1v) is 9.41. The van der Waals surface area contributed by atoms with Crippen molar-refractivity contribution in [2.75, 3.05) is 6.54 Å². The van der Waals surface area contributed by atoms with Gasteiger partial charge in [0.2, 0.25) is 0 Å². The molecule has 26 heavy (non-hydrogen) atoms. The maximum atomic E-state index is 6.15. The van der Waals surface area contributed by atoms with Crippen LogP contribution in [0.4, 0.5) is 0 Å². The highest BCUT2D eigenvalue weighted by atomic mass is 35.5. The third-order valence-corrected chi connectivity index (χ3v) is 5.59. The largest absolute Gasteiger partial charge is 0.364 e. The standard InChI is InChI=1S/C22H22ClN3/c1-2-22(26-13-3-4-14-26,20-9-11-21(23)12-10-20)19-7-5-17(6-8-19)18-15-24-25-16-18/h3,5-13,15-16H,2,4,14H2,1H3,(H,24,25). The van der Waals surface area contributed by atoms with E-state index in [1.807, 2.05) is 24.5 Å². The summed E-state index contributed by atoms with van der Waals surface area (Å²) in [5.41, 5.74) is 4.65. The number of hydrogen-bond donors (Lipinski definition) is 1. The molecule has 3 aromatic rings. The Bertz CT molecular complexity index is 882. The summed E-state index contributed by atoms with van der Waals surface area (Å²) in [5.74, 6) is 0. The number of H-pyrrole nitrogens is 1. The Kier molecular flexibility index (Phi) is 4.56. The number of halogens is 1. The van der Waals surface area contributed by atoms with Crippen LogP contribution in [0, 0.1) is 0 Å². The normalized spacial score (nSPS) is 16.0. The molecular formula is C22H22ClN3. The first-order chi connectivity index (χ1) is 12.7. The molecule has 1 N–H and O–H groups in total. The van der Waals surface area contributed by atoms with Crippen LogP contribution in [0.1, 0.15) is 30.9 Å². The molecule has 132 valence electrons. The number of benzene rings is 2. The minimum absolute atomic E-state index is 0.188. The molecule has 0 radical (unpaired) electrons. The number of rotatable bonds is 5. The van der Waals surface area contributed by atoms with Crippen LogP contribution in [0.3, 0.4) is 0 Å². The van der Waals surface area contributed by atoms with Crippen LogP contribution in [0.2, 0.25) is 5.02 Å². The molecule has 0 aliphatic carbocycles. The van der Waals surface area contributed by atoms with Crippen molar-refractivity contribution in [2.45, 2.75) is 25.3 Å². The highest BCUT2D eigenvalue weighted by Crippen LogP contribution is 2.41. The molecule has 4 heteroatoms. The van der Waals surface area contributed by atoms with Gasteiger partial charge in [-0.2, -0.15) is 5.10 Å². The van der Waals surface area contributed by atoms with Gasteiger partial charge >= 0.3 is 0 Å². The molecule has 0 amide bonds. The van der Waals surface area contributed by atoms with E-state index < -0.39 is 0 Å². The molecule has 2 heterocycles. The molecule has 4 rings (SSSR count). The Morgan fingerprint density at radius 2 is 1.73 bits per heavy atom. The second-order valence-electron chi connectivity index (χ2n) is 6.65. The zero-order chi connectivity index (χ0) is 18.0. The fourth-order valence-corrected chi connectivity index (χ4v) is 4.12. The van der Waals surface area contributed by atoms with E-state index >= 15 is 0 Å². The fraction of sp³-hybridized carbons (Fsp3) is 0.227. The summed E-state index contributed by atoms with van der Waals surface area (Å²) in [5, 5.41) is 7.70. The van der Waals surface area contributed by atoms with Gasteiger partial charge in [-0.1, -0.05) is 61.0 Å². The average molecular weight is 364 g/mol. The summed E-state index contributed by atoms with van der Waals surface area (Å²) in [7, 11) is 0. The van der Waals surface area contributed by atoms with E-state index in [4.69, 9.17) is 11.6 Å². The lowest BCUT2D eigenvalue weighted by Gasteiger charge is -2.43. The Morgan fingerprint density at radius 1 is 1.04 bits per heavy atom. The van der Waals surface area contributed by atoms with Crippen molar-refractivity contribution >= 4 is 11.6 Å². The smallest absolute Gasteiger partial charge is 0.0898 e. The van der Waals surface area contributed by atoms with Gasteiger partial charge in [0.1, 0.15) is 0 Å². The van der Waals surface area contributed by atoms with E-state index in [9.17, 15) is 0 Å². The van der Waals surface area contributed by atoms with Gasteiger partial charge in [-0.3, -0.25) is 5.10 Å². The lowest BCUT2D eigenvalue weighted by Crippen LogP contribution is -2.42. The summed E-state index contributed by atoms with van der Waals surface area (Å²) in [4.78, 5) is 2.46. The summed E-state index contributed by atoms with van der Waals surface area (Å²) in [6.07, 6.45) is 10.3. The molecule has 0 spiro atoms. The van der Waals surface area contributed by atoms with Crippen LogP contribution in [0.25, 0.3) is 11.1 Å². The van der Waals surface area contributed by atoms with E-state index in [1.54, 1.807) is 0 Å². The summed E-state index contributed by atoms with van der Waals surface area (Å²) in [6, 6.07) is 17.1. The molecule has 2 aromatic carbocycles. The van der Waals surface area contributed by atoms with Gasteiger partial charge in [-0.05, 0) is 47.9 Å². The maximum Gasteiger partial charge on any atom is 0.0898 e. The highest BCUT2D eigenvalue weighted by Gasteiger charge is 2.38. The van der Waals surface area contributed by atoms with Crippen molar-refractivity contribution in [2.24, 2.45) is 0 Å². The van der Waals surface area contributed by atoms with Gasteiger partial charge in [-0.25, -0.2) is 0 Å². The number of hydrogen-bond acceptors (Lipinski definition) is 2. The first kappa shape index (κ1) is 16.9. The predicted molar refractivity (Wildman–Crippen MR) is 107 cm³/mol. The van der Waals surface area contributed by atoms with E-state index in [0.717, 1.165) is 30.0 Å². The molecule has 0 saturated heterocycles. The van der Waals surface area contributed by atoms with Gasteiger partial charge in [0.05, 0.1) is 11.7 Å².